The normalized spacial score (nSPS) is 33.5. The van der Waals surface area contributed by atoms with Crippen LogP contribution >= 0.6 is 0 Å². The standard InChI is InChI=1S/C22H31N5O/c1-21(2,14-22-9-15-5-16(10-22)7-17(6-15)11-22)24-20(28)26-3-4-27-19(13-26)8-18(12-23)25-27/h8,15-17H,3-7,9-11,13-14H2,1-2H3,(H,24,28). The predicted octanol–water partition coefficient (Wildman–Crippen LogP) is 3.67. The van der Waals surface area contributed by atoms with E-state index in [9.17, 15) is 4.79 Å². The first-order valence-corrected chi connectivity index (χ1v) is 10.9. The van der Waals surface area contributed by atoms with Gasteiger partial charge < -0.3 is 10.2 Å². The van der Waals surface area contributed by atoms with Crippen molar-refractivity contribution in [2.24, 2.45) is 23.2 Å². The molecule has 0 aromatic carbocycles. The van der Waals surface area contributed by atoms with Gasteiger partial charge in [0.05, 0.1) is 18.8 Å². The van der Waals surface area contributed by atoms with Gasteiger partial charge in [0.15, 0.2) is 5.69 Å². The number of nitrogens with zero attached hydrogens (tertiary/aromatic N) is 4. The van der Waals surface area contributed by atoms with E-state index in [1.54, 1.807) is 6.07 Å². The molecule has 0 saturated heterocycles. The molecule has 1 aromatic heterocycles. The summed E-state index contributed by atoms with van der Waals surface area (Å²) in [6, 6.07) is 3.89. The number of rotatable bonds is 3. The van der Waals surface area contributed by atoms with Gasteiger partial charge in [-0.2, -0.15) is 10.4 Å². The van der Waals surface area contributed by atoms with E-state index in [1.165, 1.54) is 38.5 Å². The lowest BCUT2D eigenvalue weighted by atomic mass is 9.48. The zero-order chi connectivity index (χ0) is 19.5. The molecule has 4 fully saturated rings. The van der Waals surface area contributed by atoms with Crippen molar-refractivity contribution >= 4 is 6.03 Å². The van der Waals surface area contributed by atoms with Crippen LogP contribution in [0.5, 0.6) is 0 Å². The molecule has 2 heterocycles. The Bertz CT molecular complexity index is 797. The smallest absolute Gasteiger partial charge is 0.318 e. The molecule has 1 N–H and O–H groups in total. The van der Waals surface area contributed by atoms with Gasteiger partial charge in [0.2, 0.25) is 0 Å². The number of fused-ring (bicyclic) bond motifs is 1. The SMILES string of the molecule is CC(C)(CC12CC3CC(CC(C3)C1)C2)NC(=O)N1CCn2nc(C#N)cc2C1. The van der Waals surface area contributed by atoms with Crippen LogP contribution in [0.2, 0.25) is 0 Å². The quantitative estimate of drug-likeness (QED) is 0.868. The maximum Gasteiger partial charge on any atom is 0.318 e. The number of hydrogen-bond acceptors (Lipinski definition) is 3. The fraction of sp³-hybridized carbons (Fsp3) is 0.773. The van der Waals surface area contributed by atoms with E-state index < -0.39 is 0 Å². The zero-order valence-electron chi connectivity index (χ0n) is 17.1. The van der Waals surface area contributed by atoms with Crippen LogP contribution in [0.1, 0.15) is 70.2 Å². The molecular formula is C22H31N5O. The van der Waals surface area contributed by atoms with Gasteiger partial charge in [0.25, 0.3) is 0 Å². The Balaban J connectivity index is 1.24. The van der Waals surface area contributed by atoms with E-state index in [0.29, 0.717) is 30.7 Å². The number of hydrogen-bond donors (Lipinski definition) is 1. The van der Waals surface area contributed by atoms with E-state index in [1.807, 2.05) is 9.58 Å². The largest absolute Gasteiger partial charge is 0.333 e. The van der Waals surface area contributed by atoms with Crippen molar-refractivity contribution in [3.05, 3.63) is 17.5 Å². The van der Waals surface area contributed by atoms with Gasteiger partial charge in [0.1, 0.15) is 6.07 Å². The Morgan fingerprint density at radius 2 is 1.89 bits per heavy atom. The van der Waals surface area contributed by atoms with Crippen LogP contribution in [0.4, 0.5) is 4.79 Å². The molecule has 2 amide bonds. The maximum absolute atomic E-state index is 13.0. The summed E-state index contributed by atoms with van der Waals surface area (Å²) in [4.78, 5) is 14.9. The molecule has 6 heteroatoms. The summed E-state index contributed by atoms with van der Waals surface area (Å²) in [6.45, 7) is 6.21. The Morgan fingerprint density at radius 1 is 1.25 bits per heavy atom. The Morgan fingerprint density at radius 3 is 2.50 bits per heavy atom. The van der Waals surface area contributed by atoms with Gasteiger partial charge in [-0.3, -0.25) is 4.68 Å². The van der Waals surface area contributed by atoms with E-state index in [2.05, 4.69) is 30.3 Å². The van der Waals surface area contributed by atoms with Crippen molar-refractivity contribution < 1.29 is 4.79 Å². The van der Waals surface area contributed by atoms with Crippen LogP contribution in [-0.2, 0) is 13.1 Å². The molecule has 6 nitrogen and oxygen atoms in total. The molecule has 0 unspecified atom stereocenters. The highest BCUT2D eigenvalue weighted by Crippen LogP contribution is 2.62. The van der Waals surface area contributed by atoms with Gasteiger partial charge in [-0.1, -0.05) is 0 Å². The van der Waals surface area contributed by atoms with Gasteiger partial charge >= 0.3 is 6.03 Å². The fourth-order valence-electron chi connectivity index (χ4n) is 7.35. The summed E-state index contributed by atoms with van der Waals surface area (Å²) in [5.41, 5.74) is 1.63. The molecule has 0 radical (unpaired) electrons. The molecular weight excluding hydrogens is 350 g/mol. The van der Waals surface area contributed by atoms with Crippen molar-refractivity contribution in [2.75, 3.05) is 6.54 Å². The van der Waals surface area contributed by atoms with Gasteiger partial charge in [-0.15, -0.1) is 0 Å². The lowest BCUT2D eigenvalue weighted by molar-refractivity contribution is -0.0676. The summed E-state index contributed by atoms with van der Waals surface area (Å²) < 4.78 is 1.85. The molecule has 4 aliphatic carbocycles. The Labute approximate surface area is 167 Å². The summed E-state index contributed by atoms with van der Waals surface area (Å²) in [6.07, 6.45) is 9.59. The van der Waals surface area contributed by atoms with Crippen molar-refractivity contribution in [3.63, 3.8) is 0 Å². The van der Waals surface area contributed by atoms with Crippen molar-refractivity contribution in [1.82, 2.24) is 20.0 Å². The number of nitriles is 1. The van der Waals surface area contributed by atoms with E-state index >= 15 is 0 Å². The molecule has 5 aliphatic rings. The first-order chi connectivity index (χ1) is 13.3. The number of carbonyl (C=O) groups excluding carboxylic acids is 1. The lowest BCUT2D eigenvalue weighted by Crippen LogP contribution is -2.56. The van der Waals surface area contributed by atoms with Crippen LogP contribution in [0, 0.1) is 34.5 Å². The molecule has 150 valence electrons. The minimum atomic E-state index is -0.196. The maximum atomic E-state index is 13.0. The predicted molar refractivity (Wildman–Crippen MR) is 105 cm³/mol. The lowest BCUT2D eigenvalue weighted by Gasteiger charge is -2.58. The Hall–Kier alpha value is -2.03. The van der Waals surface area contributed by atoms with E-state index in [0.717, 1.165) is 29.9 Å². The highest BCUT2D eigenvalue weighted by molar-refractivity contribution is 5.75. The van der Waals surface area contributed by atoms with Crippen LogP contribution in [0.3, 0.4) is 0 Å². The average Bonchev–Trinajstić information content (AvgIpc) is 3.01. The molecule has 28 heavy (non-hydrogen) atoms. The minimum Gasteiger partial charge on any atom is -0.333 e. The molecule has 6 rings (SSSR count). The highest BCUT2D eigenvalue weighted by Gasteiger charge is 2.52. The van der Waals surface area contributed by atoms with Crippen molar-refractivity contribution in [1.29, 1.82) is 5.26 Å². The van der Waals surface area contributed by atoms with Crippen LogP contribution in [-0.4, -0.2) is 32.8 Å². The second-order valence-corrected chi connectivity index (χ2v) is 10.7. The third-order valence-corrected chi connectivity index (χ3v) is 7.63. The molecule has 1 aliphatic heterocycles. The highest BCUT2D eigenvalue weighted by atomic mass is 16.2. The third-order valence-electron chi connectivity index (χ3n) is 7.63. The second-order valence-electron chi connectivity index (χ2n) is 10.7. The molecule has 0 atom stereocenters. The van der Waals surface area contributed by atoms with Crippen molar-refractivity contribution in [2.45, 2.75) is 77.4 Å². The van der Waals surface area contributed by atoms with Crippen LogP contribution < -0.4 is 5.32 Å². The summed E-state index contributed by atoms with van der Waals surface area (Å²) in [5.74, 6) is 2.82. The van der Waals surface area contributed by atoms with Gasteiger partial charge in [-0.05, 0) is 88.0 Å². The molecule has 4 saturated carbocycles. The number of aromatic nitrogens is 2. The van der Waals surface area contributed by atoms with E-state index in [4.69, 9.17) is 5.26 Å². The average molecular weight is 382 g/mol. The summed E-state index contributed by atoms with van der Waals surface area (Å²) in [5, 5.41) is 16.6. The second kappa shape index (κ2) is 6.23. The van der Waals surface area contributed by atoms with Crippen LogP contribution in [0.15, 0.2) is 6.07 Å². The fourth-order valence-corrected chi connectivity index (χ4v) is 7.35. The summed E-state index contributed by atoms with van der Waals surface area (Å²) in [7, 11) is 0. The summed E-state index contributed by atoms with van der Waals surface area (Å²) >= 11 is 0. The van der Waals surface area contributed by atoms with Crippen molar-refractivity contribution in [3.8, 4) is 6.07 Å². The molecule has 1 aromatic rings. The van der Waals surface area contributed by atoms with Crippen LogP contribution in [0.25, 0.3) is 0 Å². The Kier molecular flexibility index (Phi) is 4.01. The van der Waals surface area contributed by atoms with Gasteiger partial charge in [0, 0.05) is 12.1 Å². The monoisotopic (exact) mass is 381 g/mol. The molecule has 0 spiro atoms. The number of amides is 2. The number of nitrogens with one attached hydrogen (secondary N) is 1. The minimum absolute atomic E-state index is 0.0145. The topological polar surface area (TPSA) is 74.0 Å². The van der Waals surface area contributed by atoms with E-state index in [-0.39, 0.29) is 11.6 Å². The molecule has 4 bridgehead atoms. The zero-order valence-corrected chi connectivity index (χ0v) is 17.1. The first kappa shape index (κ1) is 18.0. The number of urea groups is 1. The third kappa shape index (κ3) is 3.19. The van der Waals surface area contributed by atoms with Gasteiger partial charge in [-0.25, -0.2) is 4.79 Å². The first-order valence-electron chi connectivity index (χ1n) is 10.9. The number of carbonyl (C=O) groups is 1.